The maximum atomic E-state index is 16.2. The number of hydrogen-bond acceptors (Lipinski definition) is 12. The van der Waals surface area contributed by atoms with Gasteiger partial charge in [-0.3, -0.25) is 19.2 Å². The van der Waals surface area contributed by atoms with Gasteiger partial charge in [-0.2, -0.15) is 0 Å². The first kappa shape index (κ1) is 54.2. The fraction of sp³-hybridized carbons (Fsp3) is 0.745. The number of alkyl halides is 1. The number of carbonyl (C=O) groups excluding carboxylic acids is 5. The molecule has 0 aromatic rings. The van der Waals surface area contributed by atoms with E-state index in [9.17, 15) is 34.2 Å². The van der Waals surface area contributed by atoms with Gasteiger partial charge >= 0.3 is 5.97 Å². The maximum Gasteiger partial charge on any atom is 0.329 e. The molecule has 4 aliphatic rings. The van der Waals surface area contributed by atoms with Gasteiger partial charge in [0.2, 0.25) is 5.79 Å². The van der Waals surface area contributed by atoms with E-state index in [0.29, 0.717) is 64.2 Å². The van der Waals surface area contributed by atoms with Crippen LogP contribution in [0.4, 0.5) is 4.39 Å². The molecule has 1 amide bonds. The molecule has 15 atom stereocenters. The molecular formula is C51H78FNO12. The van der Waals surface area contributed by atoms with Crippen molar-refractivity contribution in [1.29, 1.82) is 0 Å². The molecule has 3 aliphatic heterocycles. The number of aliphatic hydroxyl groups is 2. The molecule has 14 heteroatoms. The Morgan fingerprint density at radius 3 is 2.28 bits per heavy atom. The number of nitrogens with zero attached hydrogens (tertiary/aromatic N) is 1. The summed E-state index contributed by atoms with van der Waals surface area (Å²) in [6.07, 6.45) is 9.94. The van der Waals surface area contributed by atoms with Gasteiger partial charge in [0, 0.05) is 58.5 Å². The van der Waals surface area contributed by atoms with Crippen LogP contribution in [0, 0.1) is 35.5 Å². The van der Waals surface area contributed by atoms with Crippen LogP contribution in [0.15, 0.2) is 47.6 Å². The standard InChI is InChI=1S/C51H78FNO12/c1-30-16-12-11-13-17-31(2)42(61-8)28-38-21-19-36(7)51(60,65-38)48(57)49(58)53-23-15-14-18-39(53)50(59)64-43(33(4)26-37-20-22-40(54)44(27-37)62-9)29-41(55)32(3)25-34(5)45(52)47(63-10)46(56)35(6)24-30/h11-13,16-17,25,30,32-33,35-40,42-45,47,54,60H,14-15,18-24,26-29H2,1-10H3/b13-11+,16-12+,31-17+,34-25+/t30-,32-,33-,35-,36-,37+,38+,39?,40-,42+,43+,44-,45?,47-,51-/m1/s1. The number of ether oxygens (including phenoxy) is 5. The molecule has 65 heavy (non-hydrogen) atoms. The number of fused-ring (bicyclic) bond motifs is 3. The van der Waals surface area contributed by atoms with Gasteiger partial charge in [0.1, 0.15) is 17.9 Å². The highest BCUT2D eigenvalue weighted by Gasteiger charge is 2.53. The van der Waals surface area contributed by atoms with Crippen molar-refractivity contribution in [1.82, 2.24) is 4.90 Å². The summed E-state index contributed by atoms with van der Waals surface area (Å²) in [5.41, 5.74) is 1.03. The van der Waals surface area contributed by atoms with Gasteiger partial charge in [0.15, 0.2) is 18.1 Å². The lowest BCUT2D eigenvalue weighted by molar-refractivity contribution is -0.265. The highest BCUT2D eigenvalue weighted by molar-refractivity contribution is 6.39. The minimum absolute atomic E-state index is 0.0215. The zero-order chi connectivity index (χ0) is 48.2. The molecule has 3 fully saturated rings. The Balaban J connectivity index is 1.70. The van der Waals surface area contributed by atoms with E-state index >= 15 is 4.39 Å². The van der Waals surface area contributed by atoms with Crippen LogP contribution in [-0.2, 0) is 47.7 Å². The number of esters is 1. The van der Waals surface area contributed by atoms with Crippen LogP contribution in [0.2, 0.25) is 0 Å². The van der Waals surface area contributed by atoms with Crippen LogP contribution >= 0.6 is 0 Å². The van der Waals surface area contributed by atoms with Crippen molar-refractivity contribution in [3.8, 4) is 0 Å². The fourth-order valence-electron chi connectivity index (χ4n) is 10.1. The summed E-state index contributed by atoms with van der Waals surface area (Å²) in [4.78, 5) is 71.6. The predicted octanol–water partition coefficient (Wildman–Crippen LogP) is 7.16. The second kappa shape index (κ2) is 25.1. The van der Waals surface area contributed by atoms with Crippen LogP contribution in [0.5, 0.6) is 0 Å². The second-order valence-corrected chi connectivity index (χ2v) is 19.5. The summed E-state index contributed by atoms with van der Waals surface area (Å²) in [7, 11) is 4.42. The molecule has 366 valence electrons. The fourth-order valence-corrected chi connectivity index (χ4v) is 10.1. The third kappa shape index (κ3) is 14.3. The number of halogens is 1. The summed E-state index contributed by atoms with van der Waals surface area (Å²) in [6, 6.07) is -1.16. The first-order valence-electron chi connectivity index (χ1n) is 23.9. The van der Waals surface area contributed by atoms with Gasteiger partial charge in [-0.1, -0.05) is 71.1 Å². The Labute approximate surface area is 386 Å². The van der Waals surface area contributed by atoms with Gasteiger partial charge in [-0.15, -0.1) is 0 Å². The van der Waals surface area contributed by atoms with E-state index < -0.39 is 83.9 Å². The number of amides is 1. The number of cyclic esters (lactones) is 1. The average Bonchev–Trinajstić information content (AvgIpc) is 3.28. The topological polar surface area (TPSA) is 175 Å². The lowest BCUT2D eigenvalue weighted by Crippen LogP contribution is -2.61. The van der Waals surface area contributed by atoms with Crippen LogP contribution in [0.1, 0.15) is 126 Å². The summed E-state index contributed by atoms with van der Waals surface area (Å²) >= 11 is 0. The van der Waals surface area contributed by atoms with Crippen LogP contribution in [0.3, 0.4) is 0 Å². The van der Waals surface area contributed by atoms with Crippen molar-refractivity contribution in [3.63, 3.8) is 0 Å². The Morgan fingerprint density at radius 1 is 0.877 bits per heavy atom. The van der Waals surface area contributed by atoms with Crippen molar-refractivity contribution >= 4 is 29.2 Å². The summed E-state index contributed by atoms with van der Waals surface area (Å²) < 4.78 is 45.4. The molecule has 0 spiro atoms. The zero-order valence-electron chi connectivity index (χ0n) is 40.5. The number of aliphatic hydroxyl groups excluding tert-OH is 1. The van der Waals surface area contributed by atoms with Gasteiger partial charge in [0.05, 0.1) is 24.4 Å². The molecule has 2 unspecified atom stereocenters. The van der Waals surface area contributed by atoms with E-state index in [1.54, 1.807) is 35.0 Å². The number of methoxy groups -OCH3 is 3. The minimum atomic E-state index is -2.44. The Morgan fingerprint density at radius 2 is 1.60 bits per heavy atom. The zero-order valence-corrected chi connectivity index (χ0v) is 40.5. The molecule has 2 saturated heterocycles. The molecule has 13 nitrogen and oxygen atoms in total. The van der Waals surface area contributed by atoms with E-state index in [-0.39, 0.29) is 60.4 Å². The van der Waals surface area contributed by atoms with E-state index in [0.717, 1.165) is 5.57 Å². The number of ketones is 3. The molecule has 1 saturated carbocycles. The van der Waals surface area contributed by atoms with E-state index in [4.69, 9.17) is 23.7 Å². The first-order valence-corrected chi connectivity index (χ1v) is 23.9. The number of piperidine rings is 1. The van der Waals surface area contributed by atoms with Crippen molar-refractivity contribution in [2.75, 3.05) is 27.9 Å². The van der Waals surface area contributed by atoms with E-state index in [1.165, 1.54) is 25.0 Å². The van der Waals surface area contributed by atoms with Crippen LogP contribution in [0.25, 0.3) is 0 Å². The van der Waals surface area contributed by atoms with E-state index in [2.05, 4.69) is 0 Å². The number of carbonyl (C=O) groups is 5. The monoisotopic (exact) mass is 916 g/mol. The Hall–Kier alpha value is -3.40. The number of allylic oxidation sites excluding steroid dienone is 6. The smallest absolute Gasteiger partial charge is 0.329 e. The van der Waals surface area contributed by atoms with Gasteiger partial charge in [-0.25, -0.2) is 9.18 Å². The highest BCUT2D eigenvalue weighted by Crippen LogP contribution is 2.38. The van der Waals surface area contributed by atoms with Crippen LogP contribution in [-0.4, -0.2) is 127 Å². The molecule has 0 aromatic heterocycles. The molecular weight excluding hydrogens is 838 g/mol. The van der Waals surface area contributed by atoms with Gasteiger partial charge in [-0.05, 0) is 107 Å². The highest BCUT2D eigenvalue weighted by atomic mass is 19.1. The molecule has 3 heterocycles. The summed E-state index contributed by atoms with van der Waals surface area (Å²) in [6.45, 7) is 12.4. The van der Waals surface area contributed by atoms with E-state index in [1.807, 2.05) is 51.2 Å². The van der Waals surface area contributed by atoms with Crippen molar-refractivity contribution in [2.24, 2.45) is 35.5 Å². The number of Topliss-reactive ketones (excluding diaryl/α,β-unsaturated/α-hetero) is 3. The molecule has 0 radical (unpaired) electrons. The summed E-state index contributed by atoms with van der Waals surface area (Å²) in [5, 5.41) is 22.4. The van der Waals surface area contributed by atoms with Gasteiger partial charge in [0.25, 0.3) is 11.7 Å². The van der Waals surface area contributed by atoms with Crippen molar-refractivity contribution in [2.45, 2.75) is 180 Å². The third-order valence-corrected chi connectivity index (χ3v) is 14.4. The molecule has 2 bridgehead atoms. The maximum absolute atomic E-state index is 16.2. The lowest BCUT2D eigenvalue weighted by atomic mass is 9.78. The normalized spacial score (nSPS) is 40.4. The van der Waals surface area contributed by atoms with Gasteiger partial charge < -0.3 is 38.8 Å². The lowest BCUT2D eigenvalue weighted by Gasteiger charge is -2.42. The average molecular weight is 916 g/mol. The Bertz CT molecular complexity index is 1760. The molecule has 0 aromatic carbocycles. The number of rotatable bonds is 6. The number of hydrogen-bond donors (Lipinski definition) is 2. The minimum Gasteiger partial charge on any atom is -0.460 e. The van der Waals surface area contributed by atoms with Crippen molar-refractivity contribution in [3.05, 3.63) is 47.6 Å². The Kier molecular flexibility index (Phi) is 20.9. The quantitative estimate of drug-likeness (QED) is 0.157. The first-order chi connectivity index (χ1) is 30.7. The SMILES string of the molecule is CO[C@H]1C[C@@H]2CC[C@@H](C)[C@@](O)(O2)C(=O)C(=O)N2CCCCC2C(=O)O[C@H]([C@H](C)C[C@@H]2CC[C@@H](O)[C@H](OC)C2)CC(=O)[C@H](C)/C=C(\C)C(F)[C@@H](OC)C(=O)[C@H](C)C[C@H](C)/C=C/C=C/C=C/1C. The summed E-state index contributed by atoms with van der Waals surface area (Å²) in [5.74, 6) is -8.44. The van der Waals surface area contributed by atoms with Crippen LogP contribution < -0.4 is 0 Å². The predicted molar refractivity (Wildman–Crippen MR) is 244 cm³/mol. The third-order valence-electron chi connectivity index (χ3n) is 14.4. The molecule has 1 aliphatic carbocycles. The van der Waals surface area contributed by atoms with Crippen molar-refractivity contribution < 1.29 is 62.3 Å². The second-order valence-electron chi connectivity index (χ2n) is 19.5. The molecule has 4 rings (SSSR count). The molecule has 2 N–H and O–H groups in total. The largest absolute Gasteiger partial charge is 0.460 e.